The largest absolute Gasteiger partial charge is 0.383 e. The van der Waals surface area contributed by atoms with Crippen LogP contribution in [0.15, 0.2) is 72.4 Å². The average Bonchev–Trinajstić information content (AvgIpc) is 3.37. The van der Waals surface area contributed by atoms with Crippen molar-refractivity contribution in [2.75, 3.05) is 24.1 Å². The normalized spacial score (nSPS) is 15.5. The van der Waals surface area contributed by atoms with Gasteiger partial charge in [0.2, 0.25) is 21.8 Å². The Balaban J connectivity index is 1.39. The van der Waals surface area contributed by atoms with Crippen LogP contribution in [-0.2, 0) is 26.2 Å². The number of amides is 2. The molecule has 12 nitrogen and oxygen atoms in total. The molecule has 0 saturated carbocycles. The van der Waals surface area contributed by atoms with Gasteiger partial charge in [-0.1, -0.05) is 43.0 Å². The molecule has 0 radical (unpaired) electrons. The number of aromatic nitrogens is 4. The minimum atomic E-state index is -3.90. The zero-order valence-electron chi connectivity index (χ0n) is 22.4. The van der Waals surface area contributed by atoms with Gasteiger partial charge in [0.05, 0.1) is 17.1 Å². The van der Waals surface area contributed by atoms with Crippen molar-refractivity contribution >= 4 is 44.4 Å². The Morgan fingerprint density at radius 3 is 2.63 bits per heavy atom. The molecule has 5 rings (SSSR count). The number of nitrogens with one attached hydrogen (secondary N) is 2. The third-order valence-electron chi connectivity index (χ3n) is 6.93. The molecule has 1 aliphatic rings. The first-order valence-electron chi connectivity index (χ1n) is 13.0. The molecule has 4 N–H and O–H groups in total. The fourth-order valence-corrected chi connectivity index (χ4v) is 6.14. The van der Waals surface area contributed by atoms with Crippen LogP contribution in [0.3, 0.4) is 0 Å². The van der Waals surface area contributed by atoms with E-state index in [1.807, 2.05) is 16.8 Å². The Morgan fingerprint density at radius 2 is 1.90 bits per heavy atom. The number of carbonyl (C=O) groups is 2. The van der Waals surface area contributed by atoms with Gasteiger partial charge in [-0.15, -0.1) is 0 Å². The SMILES string of the molecule is C=CC(=O)N1CCCC(n2nc(-c3ccc(CNS(=O)(=O)c4ccccc4NC(C)=O)cc3)c3c(N)ncnc32)C1. The molecule has 212 valence electrons. The molecule has 1 fully saturated rings. The van der Waals surface area contributed by atoms with Crippen LogP contribution in [0.4, 0.5) is 11.5 Å². The fourth-order valence-electron chi connectivity index (χ4n) is 4.97. The number of hydrogen-bond acceptors (Lipinski definition) is 8. The average molecular weight is 575 g/mol. The third-order valence-corrected chi connectivity index (χ3v) is 8.39. The van der Waals surface area contributed by atoms with Crippen LogP contribution in [0, 0.1) is 0 Å². The topological polar surface area (TPSA) is 165 Å². The van der Waals surface area contributed by atoms with E-state index in [0.717, 1.165) is 18.4 Å². The molecule has 3 heterocycles. The van der Waals surface area contributed by atoms with Crippen molar-refractivity contribution in [2.24, 2.45) is 0 Å². The van der Waals surface area contributed by atoms with Gasteiger partial charge in [0, 0.05) is 32.1 Å². The van der Waals surface area contributed by atoms with Crippen molar-refractivity contribution in [1.82, 2.24) is 29.4 Å². The molecule has 2 aromatic heterocycles. The van der Waals surface area contributed by atoms with E-state index >= 15 is 0 Å². The van der Waals surface area contributed by atoms with Gasteiger partial charge in [0.15, 0.2) is 5.65 Å². The molecule has 2 amide bonds. The highest BCUT2D eigenvalue weighted by atomic mass is 32.2. The summed E-state index contributed by atoms with van der Waals surface area (Å²) in [7, 11) is -3.90. The predicted molar refractivity (Wildman–Crippen MR) is 155 cm³/mol. The summed E-state index contributed by atoms with van der Waals surface area (Å²) in [6, 6.07) is 13.4. The van der Waals surface area contributed by atoms with Gasteiger partial charge in [-0.25, -0.2) is 27.8 Å². The van der Waals surface area contributed by atoms with Crippen LogP contribution in [0.5, 0.6) is 0 Å². The zero-order chi connectivity index (χ0) is 29.1. The smallest absolute Gasteiger partial charge is 0.246 e. The molecule has 1 saturated heterocycles. The molecule has 1 atom stereocenters. The van der Waals surface area contributed by atoms with E-state index in [1.54, 1.807) is 29.2 Å². The minimum absolute atomic E-state index is 0.0182. The minimum Gasteiger partial charge on any atom is -0.383 e. The molecule has 1 aliphatic heterocycles. The third kappa shape index (κ3) is 5.81. The quantitative estimate of drug-likeness (QED) is 0.270. The van der Waals surface area contributed by atoms with Crippen molar-refractivity contribution in [1.29, 1.82) is 0 Å². The van der Waals surface area contributed by atoms with Crippen LogP contribution in [-0.4, -0.2) is 58.0 Å². The number of nitrogens with zero attached hydrogens (tertiary/aromatic N) is 5. The van der Waals surface area contributed by atoms with Gasteiger partial charge < -0.3 is 16.0 Å². The van der Waals surface area contributed by atoms with Gasteiger partial charge in [0.1, 0.15) is 22.7 Å². The van der Waals surface area contributed by atoms with Crippen LogP contribution >= 0.6 is 0 Å². The summed E-state index contributed by atoms with van der Waals surface area (Å²) in [6.45, 7) is 6.09. The number of fused-ring (bicyclic) bond motifs is 1. The lowest BCUT2D eigenvalue weighted by atomic mass is 10.1. The Hall–Kier alpha value is -4.62. The fraction of sp³-hybridized carbons (Fsp3) is 0.250. The monoisotopic (exact) mass is 574 g/mol. The summed E-state index contributed by atoms with van der Waals surface area (Å²) >= 11 is 0. The van der Waals surface area contributed by atoms with E-state index in [0.29, 0.717) is 41.2 Å². The molecule has 41 heavy (non-hydrogen) atoms. The summed E-state index contributed by atoms with van der Waals surface area (Å²) in [5.74, 6) is -0.193. The molecule has 0 bridgehead atoms. The first-order chi connectivity index (χ1) is 19.7. The summed E-state index contributed by atoms with van der Waals surface area (Å²) < 4.78 is 30.4. The highest BCUT2D eigenvalue weighted by Crippen LogP contribution is 2.34. The number of nitrogen functional groups attached to an aromatic ring is 1. The maximum Gasteiger partial charge on any atom is 0.246 e. The summed E-state index contributed by atoms with van der Waals surface area (Å²) in [6.07, 6.45) is 4.36. The zero-order valence-corrected chi connectivity index (χ0v) is 23.3. The van der Waals surface area contributed by atoms with Crippen LogP contribution in [0.1, 0.15) is 31.4 Å². The number of para-hydroxylation sites is 1. The van der Waals surface area contributed by atoms with E-state index in [9.17, 15) is 18.0 Å². The Kier molecular flexibility index (Phi) is 7.81. The Bertz CT molecular complexity index is 1730. The summed E-state index contributed by atoms with van der Waals surface area (Å²) in [5, 5.41) is 8.04. The first kappa shape index (κ1) is 27.9. The first-order valence-corrected chi connectivity index (χ1v) is 14.5. The highest BCUT2D eigenvalue weighted by molar-refractivity contribution is 7.89. The lowest BCUT2D eigenvalue weighted by Crippen LogP contribution is -2.40. The standard InChI is InChI=1S/C28H30N8O4S/c1-3-24(38)35-14-6-7-21(16-35)36-28-25(27(29)30-17-31-28)26(34-36)20-12-10-19(11-13-20)15-32-41(39,40)23-9-5-4-8-22(23)33-18(2)37/h3-5,8-13,17,21,32H,1,6-7,14-16H2,2H3,(H,33,37)(H2,29,30,31). The van der Waals surface area contributed by atoms with Crippen molar-refractivity contribution < 1.29 is 18.0 Å². The van der Waals surface area contributed by atoms with E-state index in [1.165, 1.54) is 31.5 Å². The number of benzene rings is 2. The van der Waals surface area contributed by atoms with Crippen LogP contribution < -0.4 is 15.8 Å². The lowest BCUT2D eigenvalue weighted by molar-refractivity contribution is -0.127. The van der Waals surface area contributed by atoms with E-state index in [2.05, 4.69) is 26.6 Å². The molecule has 2 aromatic carbocycles. The summed E-state index contributed by atoms with van der Waals surface area (Å²) in [4.78, 5) is 34.1. The number of hydrogen-bond donors (Lipinski definition) is 3. The van der Waals surface area contributed by atoms with E-state index in [-0.39, 0.29) is 35.0 Å². The Labute approximate surface area is 237 Å². The van der Waals surface area contributed by atoms with Crippen LogP contribution in [0.2, 0.25) is 0 Å². The van der Waals surface area contributed by atoms with Crippen molar-refractivity contribution in [3.8, 4) is 11.3 Å². The molecule has 0 spiro atoms. The number of likely N-dealkylation sites (tertiary alicyclic amines) is 1. The molecular weight excluding hydrogens is 544 g/mol. The highest BCUT2D eigenvalue weighted by Gasteiger charge is 2.28. The van der Waals surface area contributed by atoms with Gasteiger partial charge in [-0.05, 0) is 36.6 Å². The van der Waals surface area contributed by atoms with Crippen molar-refractivity contribution in [3.05, 3.63) is 73.1 Å². The number of sulfonamides is 1. The van der Waals surface area contributed by atoms with Gasteiger partial charge in [0.25, 0.3) is 0 Å². The number of rotatable bonds is 8. The van der Waals surface area contributed by atoms with Crippen LogP contribution in [0.25, 0.3) is 22.3 Å². The molecular formula is C28H30N8O4S. The maximum atomic E-state index is 13.0. The Morgan fingerprint density at radius 1 is 1.15 bits per heavy atom. The van der Waals surface area contributed by atoms with Gasteiger partial charge in [-0.3, -0.25) is 9.59 Å². The second kappa shape index (κ2) is 11.5. The second-order valence-electron chi connectivity index (χ2n) is 9.73. The molecule has 1 unspecified atom stereocenters. The van der Waals surface area contributed by atoms with Crippen molar-refractivity contribution in [3.63, 3.8) is 0 Å². The lowest BCUT2D eigenvalue weighted by Gasteiger charge is -2.32. The number of anilines is 2. The van der Waals surface area contributed by atoms with Crippen molar-refractivity contribution in [2.45, 2.75) is 37.2 Å². The van der Waals surface area contributed by atoms with E-state index in [4.69, 9.17) is 10.8 Å². The van der Waals surface area contributed by atoms with E-state index < -0.39 is 10.0 Å². The van der Waals surface area contributed by atoms with Gasteiger partial charge >= 0.3 is 0 Å². The van der Waals surface area contributed by atoms with Gasteiger partial charge in [-0.2, -0.15) is 5.10 Å². The molecule has 13 heteroatoms. The number of piperidine rings is 1. The maximum absolute atomic E-state index is 13.0. The summed E-state index contributed by atoms with van der Waals surface area (Å²) in [5.41, 5.74) is 9.14. The second-order valence-corrected chi connectivity index (χ2v) is 11.5. The number of carbonyl (C=O) groups excluding carboxylic acids is 2. The molecule has 4 aromatic rings. The molecule has 0 aliphatic carbocycles. The predicted octanol–water partition coefficient (Wildman–Crippen LogP) is 2.86. The number of nitrogens with two attached hydrogens (primary N) is 1.